The van der Waals surface area contributed by atoms with Gasteiger partial charge in [-0.1, -0.05) is 32.4 Å². The Morgan fingerprint density at radius 1 is 1.19 bits per heavy atom. The van der Waals surface area contributed by atoms with E-state index < -0.39 is 0 Å². The van der Waals surface area contributed by atoms with E-state index in [4.69, 9.17) is 9.52 Å². The SMILES string of the molecule is CC(=O)/C=C(/C)O.CC(C)(C)c1ccnc(-c2[c-]cnc3c4c(oc23)CCCC4)c1.[Ir]. The minimum absolute atomic E-state index is 0. The van der Waals surface area contributed by atoms with E-state index >= 15 is 0 Å². The first kappa shape index (κ1) is 25.0. The minimum Gasteiger partial charge on any atom is -0.517 e. The molecule has 3 aromatic rings. The van der Waals surface area contributed by atoms with Crippen LogP contribution in [0.3, 0.4) is 0 Å². The summed E-state index contributed by atoms with van der Waals surface area (Å²) >= 11 is 0. The van der Waals surface area contributed by atoms with Crippen LogP contribution in [0.15, 0.2) is 40.8 Å². The van der Waals surface area contributed by atoms with Crippen molar-refractivity contribution in [1.29, 1.82) is 0 Å². The van der Waals surface area contributed by atoms with Crippen LogP contribution in [0.5, 0.6) is 0 Å². The van der Waals surface area contributed by atoms with Crippen LogP contribution in [0.1, 0.15) is 64.3 Å². The summed E-state index contributed by atoms with van der Waals surface area (Å²) in [5, 5.41) is 8.36. The summed E-state index contributed by atoms with van der Waals surface area (Å²) in [4.78, 5) is 19.1. The number of ketones is 1. The fourth-order valence-corrected chi connectivity index (χ4v) is 3.60. The van der Waals surface area contributed by atoms with Crippen molar-refractivity contribution in [2.24, 2.45) is 0 Å². The number of furan rings is 1. The van der Waals surface area contributed by atoms with Gasteiger partial charge in [-0.2, -0.15) is 6.07 Å². The molecule has 0 unspecified atom stereocenters. The maximum absolute atomic E-state index is 10.0. The van der Waals surface area contributed by atoms with Crippen LogP contribution in [0.2, 0.25) is 0 Å². The second-order valence-corrected chi connectivity index (χ2v) is 8.74. The van der Waals surface area contributed by atoms with Crippen molar-refractivity contribution in [2.75, 3.05) is 0 Å². The molecular weight excluding hydrogens is 569 g/mol. The molecule has 3 aromatic heterocycles. The number of aliphatic hydroxyl groups is 1. The Morgan fingerprint density at radius 2 is 1.90 bits per heavy atom. The normalized spacial score (nSPS) is 13.6. The number of carbonyl (C=O) groups excluding carboxylic acids is 1. The van der Waals surface area contributed by atoms with Crippen LogP contribution in [-0.4, -0.2) is 20.9 Å². The average molecular weight is 598 g/mol. The monoisotopic (exact) mass is 598 g/mol. The number of hydrogen-bond donors (Lipinski definition) is 1. The van der Waals surface area contributed by atoms with Crippen molar-refractivity contribution in [2.45, 2.75) is 65.7 Å². The van der Waals surface area contributed by atoms with Gasteiger partial charge >= 0.3 is 0 Å². The standard InChI is InChI=1S/C20H21N2O.C5H8O2.Ir/c1-20(2,3)13-8-10-21-16(12-13)14-9-11-22-18-15-6-4-5-7-17(15)23-19(14)18;1-4(6)3-5(2)7;/h8,10-12H,4-7H2,1-3H3;3,6H,1-2H3;/q-1;;/b;4-3-;. The first-order valence-corrected chi connectivity index (χ1v) is 10.3. The zero-order valence-electron chi connectivity index (χ0n) is 18.7. The second kappa shape index (κ2) is 10.3. The van der Waals surface area contributed by atoms with Gasteiger partial charge < -0.3 is 14.5 Å². The van der Waals surface area contributed by atoms with Crippen molar-refractivity contribution in [3.05, 3.63) is 59.3 Å². The minimum atomic E-state index is -0.125. The Bertz CT molecular complexity index is 1090. The molecule has 1 N–H and O–H groups in total. The van der Waals surface area contributed by atoms with Gasteiger partial charge in [-0.05, 0) is 56.5 Å². The second-order valence-electron chi connectivity index (χ2n) is 8.74. The van der Waals surface area contributed by atoms with Crippen LogP contribution in [0, 0.1) is 6.07 Å². The Balaban J connectivity index is 0.000000373. The molecule has 4 rings (SSSR count). The molecule has 3 heterocycles. The molecule has 0 atom stereocenters. The number of aromatic nitrogens is 2. The molecule has 1 aliphatic rings. The number of allylic oxidation sites excluding steroid dienone is 2. The molecule has 1 radical (unpaired) electrons. The maximum atomic E-state index is 10.0. The Morgan fingerprint density at radius 3 is 2.52 bits per heavy atom. The quantitative estimate of drug-likeness (QED) is 0.226. The molecule has 0 fully saturated rings. The molecule has 0 aromatic carbocycles. The topological polar surface area (TPSA) is 76.2 Å². The molecular formula is C25H29IrN2O3-. The molecule has 0 spiro atoms. The summed E-state index contributed by atoms with van der Waals surface area (Å²) in [6.07, 6.45) is 9.29. The fourth-order valence-electron chi connectivity index (χ4n) is 3.60. The van der Waals surface area contributed by atoms with E-state index in [1.54, 1.807) is 6.20 Å². The number of rotatable bonds is 2. The molecule has 0 saturated carbocycles. The van der Waals surface area contributed by atoms with Crippen molar-refractivity contribution < 1.29 is 34.4 Å². The molecule has 0 aliphatic heterocycles. The number of aryl methyl sites for hydroxylation is 2. The van der Waals surface area contributed by atoms with Gasteiger partial charge in [0.25, 0.3) is 0 Å². The molecule has 6 heteroatoms. The van der Waals surface area contributed by atoms with E-state index in [0.717, 1.165) is 41.0 Å². The first-order valence-electron chi connectivity index (χ1n) is 10.3. The van der Waals surface area contributed by atoms with Crippen LogP contribution in [0.4, 0.5) is 0 Å². The number of pyridine rings is 2. The predicted octanol–water partition coefficient (Wildman–Crippen LogP) is 5.90. The van der Waals surface area contributed by atoms with Crippen LogP contribution < -0.4 is 0 Å². The summed E-state index contributed by atoms with van der Waals surface area (Å²) in [6.45, 7) is 9.48. The molecule has 1 aliphatic carbocycles. The van der Waals surface area contributed by atoms with E-state index in [-0.39, 0.29) is 37.1 Å². The number of nitrogens with zero attached hydrogens (tertiary/aromatic N) is 2. The van der Waals surface area contributed by atoms with Gasteiger partial charge in [-0.15, -0.1) is 5.56 Å². The molecule has 31 heavy (non-hydrogen) atoms. The van der Waals surface area contributed by atoms with Crippen molar-refractivity contribution in [1.82, 2.24) is 9.97 Å². The van der Waals surface area contributed by atoms with Gasteiger partial charge in [0.05, 0.1) is 17.0 Å². The molecule has 5 nitrogen and oxygen atoms in total. The third-order valence-electron chi connectivity index (χ3n) is 5.07. The predicted molar refractivity (Wildman–Crippen MR) is 118 cm³/mol. The number of fused-ring (bicyclic) bond motifs is 3. The van der Waals surface area contributed by atoms with Crippen molar-refractivity contribution >= 4 is 16.9 Å². The van der Waals surface area contributed by atoms with E-state index in [0.29, 0.717) is 0 Å². The number of aliphatic hydroxyl groups excluding tert-OH is 1. The maximum Gasteiger partial charge on any atom is 0.155 e. The molecule has 167 valence electrons. The first-order chi connectivity index (χ1) is 14.2. The third kappa shape index (κ3) is 6.11. The zero-order chi connectivity index (χ0) is 21.9. The van der Waals surface area contributed by atoms with Crippen molar-refractivity contribution in [3.63, 3.8) is 0 Å². The van der Waals surface area contributed by atoms with Gasteiger partial charge in [0.1, 0.15) is 0 Å². The van der Waals surface area contributed by atoms with E-state index in [1.807, 2.05) is 6.20 Å². The third-order valence-corrected chi connectivity index (χ3v) is 5.07. The van der Waals surface area contributed by atoms with Gasteiger partial charge in [0.2, 0.25) is 0 Å². The molecule has 0 bridgehead atoms. The smallest absolute Gasteiger partial charge is 0.155 e. The number of carbonyl (C=O) groups is 1. The Hall–Kier alpha value is -2.30. The zero-order valence-corrected chi connectivity index (χ0v) is 21.1. The van der Waals surface area contributed by atoms with Gasteiger partial charge in [-0.3, -0.25) is 9.78 Å². The van der Waals surface area contributed by atoms with Gasteiger partial charge in [-0.25, -0.2) is 0 Å². The summed E-state index contributed by atoms with van der Waals surface area (Å²) in [5.41, 5.74) is 6.32. The van der Waals surface area contributed by atoms with Crippen LogP contribution >= 0.6 is 0 Å². The van der Waals surface area contributed by atoms with E-state index in [1.165, 1.54) is 43.9 Å². The summed E-state index contributed by atoms with van der Waals surface area (Å²) < 4.78 is 6.17. The fraction of sp³-hybridized carbons (Fsp3) is 0.400. The van der Waals surface area contributed by atoms with E-state index in [9.17, 15) is 4.79 Å². The summed E-state index contributed by atoms with van der Waals surface area (Å²) in [7, 11) is 0. The van der Waals surface area contributed by atoms with Gasteiger partial charge in [0.15, 0.2) is 5.78 Å². The number of hydrogen-bond acceptors (Lipinski definition) is 5. The largest absolute Gasteiger partial charge is 0.517 e. The molecule has 0 saturated heterocycles. The Labute approximate surface area is 197 Å². The molecule has 0 amide bonds. The summed E-state index contributed by atoms with van der Waals surface area (Å²) in [6, 6.07) is 7.47. The summed E-state index contributed by atoms with van der Waals surface area (Å²) in [5.74, 6) is 1.04. The van der Waals surface area contributed by atoms with E-state index in [2.05, 4.69) is 48.9 Å². The van der Waals surface area contributed by atoms with Crippen LogP contribution in [-0.2, 0) is 43.2 Å². The van der Waals surface area contributed by atoms with Crippen LogP contribution in [0.25, 0.3) is 22.4 Å². The Kier molecular flexibility index (Phi) is 8.33. The average Bonchev–Trinajstić information content (AvgIpc) is 3.05. The van der Waals surface area contributed by atoms with Gasteiger partial charge in [0, 0.05) is 49.9 Å². The van der Waals surface area contributed by atoms with Crippen molar-refractivity contribution in [3.8, 4) is 11.3 Å².